The molecule has 3 aliphatic carbocycles. The van der Waals surface area contributed by atoms with E-state index in [0.29, 0.717) is 18.4 Å². The zero-order valence-corrected chi connectivity index (χ0v) is 21.3. The van der Waals surface area contributed by atoms with Crippen molar-refractivity contribution in [1.29, 1.82) is 0 Å². The highest BCUT2D eigenvalue weighted by molar-refractivity contribution is 6.29. The Morgan fingerprint density at radius 1 is 1.15 bits per heavy atom. The van der Waals surface area contributed by atoms with E-state index < -0.39 is 62.3 Å². The summed E-state index contributed by atoms with van der Waals surface area (Å²) in [5.74, 6) is -4.35. The first-order chi connectivity index (χ1) is 15.3. The molecule has 3 N–H and O–H groups in total. The molecule has 34 heavy (non-hydrogen) atoms. The van der Waals surface area contributed by atoms with E-state index in [4.69, 9.17) is 4.74 Å². The van der Waals surface area contributed by atoms with Gasteiger partial charge in [-0.15, -0.1) is 0 Å². The van der Waals surface area contributed by atoms with Crippen LogP contribution in [0.5, 0.6) is 0 Å². The molecule has 0 aromatic carbocycles. The number of carboxylic acid groups (broad SMARTS) is 1. The molecule has 3 aliphatic rings. The van der Waals surface area contributed by atoms with Crippen LogP contribution in [0.2, 0.25) is 0 Å². The molecule has 0 aliphatic heterocycles. The number of rotatable bonds is 5. The minimum atomic E-state index is -2.39. The summed E-state index contributed by atoms with van der Waals surface area (Å²) >= 11 is 0. The van der Waals surface area contributed by atoms with Crippen LogP contribution in [-0.2, 0) is 23.9 Å². The van der Waals surface area contributed by atoms with Crippen LogP contribution in [0.4, 0.5) is 0 Å². The average Bonchev–Trinajstić information content (AvgIpc) is 2.84. The first-order valence-corrected chi connectivity index (χ1v) is 11.8. The summed E-state index contributed by atoms with van der Waals surface area (Å²) in [6.07, 6.45) is 1.01. The van der Waals surface area contributed by atoms with Gasteiger partial charge in [-0.05, 0) is 76.0 Å². The van der Waals surface area contributed by atoms with Crippen molar-refractivity contribution in [3.05, 3.63) is 12.2 Å². The summed E-state index contributed by atoms with van der Waals surface area (Å²) in [5.41, 5.74) is -8.88. The van der Waals surface area contributed by atoms with Crippen molar-refractivity contribution >= 4 is 23.5 Å². The van der Waals surface area contributed by atoms with Crippen LogP contribution in [0.25, 0.3) is 0 Å². The Kier molecular flexibility index (Phi) is 5.83. The quantitative estimate of drug-likeness (QED) is 0.311. The molecule has 0 aromatic rings. The molecule has 0 unspecified atom stereocenters. The molecule has 0 radical (unpaired) electrons. The fraction of sp³-hybridized carbons (Fsp3) is 0.769. The Bertz CT molecular complexity index is 974. The number of fused-ring (bicyclic) bond motifs is 3. The van der Waals surface area contributed by atoms with E-state index in [1.165, 1.54) is 6.92 Å². The molecule has 8 heteroatoms. The summed E-state index contributed by atoms with van der Waals surface area (Å²) in [4.78, 5) is 52.9. The maximum Gasteiger partial charge on any atom is 0.321 e. The number of carbonyl (C=O) groups is 4. The fourth-order valence-electron chi connectivity index (χ4n) is 8.45. The molecule has 190 valence electrons. The van der Waals surface area contributed by atoms with Crippen molar-refractivity contribution < 1.29 is 39.2 Å². The number of hydrogen-bond donors (Lipinski definition) is 3. The minimum absolute atomic E-state index is 0.158. The molecular weight excluding hydrogens is 440 g/mol. The summed E-state index contributed by atoms with van der Waals surface area (Å²) in [6, 6.07) is 0. The summed E-state index contributed by atoms with van der Waals surface area (Å²) in [6.45, 7) is 13.8. The lowest BCUT2D eigenvalue weighted by molar-refractivity contribution is -0.218. The van der Waals surface area contributed by atoms with E-state index in [0.717, 1.165) is 14.0 Å². The lowest BCUT2D eigenvalue weighted by atomic mass is 9.34. The van der Waals surface area contributed by atoms with E-state index in [9.17, 15) is 34.5 Å². The number of Topliss-reactive ketones (excluding diaryl/α,β-unsaturated/α-hetero) is 2. The Labute approximate surface area is 200 Å². The Morgan fingerprint density at radius 3 is 2.18 bits per heavy atom. The highest BCUT2D eigenvalue weighted by Crippen LogP contribution is 2.76. The Balaban J connectivity index is 2.38. The maximum absolute atomic E-state index is 14.0. The highest BCUT2D eigenvalue weighted by atomic mass is 16.5. The van der Waals surface area contributed by atoms with Gasteiger partial charge in [0.1, 0.15) is 0 Å². The van der Waals surface area contributed by atoms with E-state index in [-0.39, 0.29) is 25.2 Å². The summed E-state index contributed by atoms with van der Waals surface area (Å²) in [7, 11) is 1.16. The van der Waals surface area contributed by atoms with Gasteiger partial charge in [0.25, 0.3) is 0 Å². The van der Waals surface area contributed by atoms with Crippen molar-refractivity contribution in [2.24, 2.45) is 33.5 Å². The number of methoxy groups -OCH3 is 1. The lowest BCUT2D eigenvalue weighted by Gasteiger charge is -2.67. The largest absolute Gasteiger partial charge is 0.481 e. The standard InChI is InChI=1S/C26H38O8/c1-14-13-16-22(4,11-10-17(27)28)15(21(2,3)32)9-12-23(16,5)26(20(31)34-8)19(30)25(7,33)18(29)24(14,26)6/h15-16,32-33H,1,9-13H2,2-8H3,(H,27,28)/t15-,16-,22+,23-,24-,25-,26-/m0/s1. The molecule has 3 fully saturated rings. The number of ether oxygens (including phenoxy) is 1. The smallest absolute Gasteiger partial charge is 0.321 e. The molecule has 0 aromatic heterocycles. The van der Waals surface area contributed by atoms with E-state index in [1.54, 1.807) is 20.8 Å². The van der Waals surface area contributed by atoms with Gasteiger partial charge in [0.05, 0.1) is 18.1 Å². The van der Waals surface area contributed by atoms with Gasteiger partial charge in [0.2, 0.25) is 0 Å². The molecule has 0 spiro atoms. The van der Waals surface area contributed by atoms with Crippen LogP contribution in [0.3, 0.4) is 0 Å². The predicted octanol–water partition coefficient (Wildman–Crippen LogP) is 2.69. The van der Waals surface area contributed by atoms with Gasteiger partial charge in [-0.2, -0.15) is 0 Å². The van der Waals surface area contributed by atoms with Gasteiger partial charge < -0.3 is 20.1 Å². The van der Waals surface area contributed by atoms with E-state index >= 15 is 0 Å². The second-order valence-electron chi connectivity index (χ2n) is 12.0. The first kappa shape index (κ1) is 26.5. The molecule has 0 bridgehead atoms. The van der Waals surface area contributed by atoms with Crippen molar-refractivity contribution in [2.45, 2.75) is 84.8 Å². The van der Waals surface area contributed by atoms with Crippen molar-refractivity contribution in [1.82, 2.24) is 0 Å². The number of aliphatic carboxylic acids is 1. The van der Waals surface area contributed by atoms with Crippen LogP contribution >= 0.6 is 0 Å². The Morgan fingerprint density at radius 2 is 1.71 bits per heavy atom. The fourth-order valence-corrected chi connectivity index (χ4v) is 8.45. The van der Waals surface area contributed by atoms with Gasteiger partial charge in [0, 0.05) is 6.42 Å². The number of allylic oxidation sites excluding steroid dienone is 1. The van der Waals surface area contributed by atoms with E-state index in [2.05, 4.69) is 6.58 Å². The maximum atomic E-state index is 14.0. The molecule has 3 saturated carbocycles. The van der Waals surface area contributed by atoms with Gasteiger partial charge in [-0.3, -0.25) is 19.2 Å². The second kappa shape index (κ2) is 7.47. The molecule has 0 saturated heterocycles. The van der Waals surface area contributed by atoms with Gasteiger partial charge in [-0.25, -0.2) is 0 Å². The lowest BCUT2D eigenvalue weighted by Crippen LogP contribution is -2.70. The molecule has 3 rings (SSSR count). The number of ketones is 2. The average molecular weight is 479 g/mol. The van der Waals surface area contributed by atoms with Crippen molar-refractivity contribution in [3.63, 3.8) is 0 Å². The van der Waals surface area contributed by atoms with E-state index in [1.807, 2.05) is 6.92 Å². The van der Waals surface area contributed by atoms with Crippen LogP contribution in [0, 0.1) is 33.5 Å². The number of carboxylic acids is 1. The van der Waals surface area contributed by atoms with Gasteiger partial charge in [-0.1, -0.05) is 26.0 Å². The van der Waals surface area contributed by atoms with Gasteiger partial charge in [0.15, 0.2) is 22.6 Å². The first-order valence-electron chi connectivity index (χ1n) is 11.8. The third kappa shape index (κ3) is 2.84. The number of hydrogen-bond acceptors (Lipinski definition) is 7. The highest BCUT2D eigenvalue weighted by Gasteiger charge is 2.85. The molecule has 8 nitrogen and oxygen atoms in total. The van der Waals surface area contributed by atoms with Crippen LogP contribution in [0.1, 0.15) is 73.6 Å². The van der Waals surface area contributed by atoms with Crippen molar-refractivity contribution in [3.8, 4) is 0 Å². The molecular formula is C26H38O8. The van der Waals surface area contributed by atoms with Crippen LogP contribution < -0.4 is 0 Å². The Hall–Kier alpha value is -2.06. The third-order valence-electron chi connectivity index (χ3n) is 9.98. The number of esters is 1. The SMILES string of the molecule is C=C1C[C@H]2[C@](C)(CCC(=O)O)[C@H](C(C)(C)O)CC[C@]2(C)[C@@]2(C(=O)OC)C(=O)[C@@](C)(O)C(=O)[C@]12C. The predicted molar refractivity (Wildman–Crippen MR) is 123 cm³/mol. The van der Waals surface area contributed by atoms with Crippen LogP contribution in [-0.4, -0.2) is 57.1 Å². The number of carbonyl (C=O) groups excluding carboxylic acids is 3. The van der Waals surface area contributed by atoms with Gasteiger partial charge >= 0.3 is 11.9 Å². The number of aliphatic hydroxyl groups is 2. The summed E-state index contributed by atoms with van der Waals surface area (Å²) in [5, 5.41) is 31.7. The second-order valence-corrected chi connectivity index (χ2v) is 12.0. The topological polar surface area (TPSA) is 138 Å². The normalized spacial score (nSPS) is 44.4. The zero-order chi connectivity index (χ0) is 26.3. The third-order valence-corrected chi connectivity index (χ3v) is 9.98. The molecule has 7 atom stereocenters. The molecule has 0 amide bonds. The van der Waals surface area contributed by atoms with Crippen molar-refractivity contribution in [2.75, 3.05) is 7.11 Å². The van der Waals surface area contributed by atoms with Crippen LogP contribution in [0.15, 0.2) is 12.2 Å². The molecule has 0 heterocycles. The summed E-state index contributed by atoms with van der Waals surface area (Å²) < 4.78 is 5.19. The zero-order valence-electron chi connectivity index (χ0n) is 21.3. The monoisotopic (exact) mass is 478 g/mol. The minimum Gasteiger partial charge on any atom is -0.481 e.